The number of carbonyl (C=O) groups excluding carboxylic acids is 1. The molecule has 1 aromatic carbocycles. The van der Waals surface area contributed by atoms with Crippen LogP contribution in [-0.4, -0.2) is 5.78 Å². The van der Waals surface area contributed by atoms with Crippen LogP contribution in [0.2, 0.25) is 5.02 Å². The van der Waals surface area contributed by atoms with Crippen LogP contribution in [-0.2, 0) is 0 Å². The Hall–Kier alpha value is -0.0900. The lowest BCUT2D eigenvalue weighted by Gasteiger charge is -2.13. The highest BCUT2D eigenvalue weighted by Gasteiger charge is 2.14. The lowest BCUT2D eigenvalue weighted by Crippen LogP contribution is -2.08. The van der Waals surface area contributed by atoms with Crippen molar-refractivity contribution in [1.82, 2.24) is 0 Å². The molecule has 1 aromatic rings. The molecule has 0 aliphatic rings. The molecule has 0 fully saturated rings. The van der Waals surface area contributed by atoms with Crippen LogP contribution in [0.4, 0.5) is 0 Å². The molecule has 0 amide bonds. The van der Waals surface area contributed by atoms with Gasteiger partial charge in [-0.15, -0.1) is 0 Å². The van der Waals surface area contributed by atoms with Gasteiger partial charge >= 0.3 is 0 Å². The zero-order chi connectivity index (χ0) is 13.5. The molecule has 0 N–H and O–H groups in total. The summed E-state index contributed by atoms with van der Waals surface area (Å²) in [6, 6.07) is 5.57. The van der Waals surface area contributed by atoms with Crippen LogP contribution < -0.4 is 0 Å². The molecule has 0 aliphatic heterocycles. The third-order valence-corrected chi connectivity index (χ3v) is 4.83. The van der Waals surface area contributed by atoms with Crippen molar-refractivity contribution in [3.63, 3.8) is 0 Å². The van der Waals surface area contributed by atoms with Gasteiger partial charge in [-0.1, -0.05) is 57.2 Å². The van der Waals surface area contributed by atoms with Crippen molar-refractivity contribution in [3.8, 4) is 0 Å². The number of hydrogen-bond donors (Lipinski definition) is 0. The van der Waals surface area contributed by atoms with Crippen LogP contribution in [0, 0.1) is 9.49 Å². The molecule has 0 saturated carbocycles. The molecule has 0 aliphatic carbocycles. The quantitative estimate of drug-likeness (QED) is 0.437. The minimum atomic E-state index is 0.219. The van der Waals surface area contributed by atoms with Gasteiger partial charge < -0.3 is 0 Å². The second kappa shape index (κ2) is 8.16. The first-order valence-electron chi connectivity index (χ1n) is 6.56. The van der Waals surface area contributed by atoms with Gasteiger partial charge in [0.2, 0.25) is 0 Å². The number of unbranched alkanes of at least 4 members (excludes halogenated alkanes) is 1. The van der Waals surface area contributed by atoms with Crippen molar-refractivity contribution in [1.29, 1.82) is 0 Å². The largest absolute Gasteiger partial charge is 0.294 e. The van der Waals surface area contributed by atoms with E-state index in [-0.39, 0.29) is 5.78 Å². The summed E-state index contributed by atoms with van der Waals surface area (Å²) in [6.07, 6.45) is 5.27. The molecule has 0 heterocycles. The molecule has 1 nitrogen and oxygen atoms in total. The Labute approximate surface area is 128 Å². The lowest BCUT2D eigenvalue weighted by molar-refractivity contribution is 0.0957. The van der Waals surface area contributed by atoms with Gasteiger partial charge in [0.25, 0.3) is 0 Å². The van der Waals surface area contributed by atoms with Crippen molar-refractivity contribution in [2.75, 3.05) is 0 Å². The first-order valence-corrected chi connectivity index (χ1v) is 8.02. The molecule has 3 heteroatoms. The van der Waals surface area contributed by atoms with E-state index < -0.39 is 0 Å². The second-order valence-corrected chi connectivity index (χ2v) is 6.24. The number of ketones is 1. The van der Waals surface area contributed by atoms with Crippen LogP contribution in [0.1, 0.15) is 56.3 Å². The van der Waals surface area contributed by atoms with Crippen molar-refractivity contribution < 1.29 is 4.79 Å². The summed E-state index contributed by atoms with van der Waals surface area (Å²) >= 11 is 8.22. The van der Waals surface area contributed by atoms with Gasteiger partial charge in [0.15, 0.2) is 5.78 Å². The predicted octanol–water partition coefficient (Wildman–Crippen LogP) is 5.73. The van der Waals surface area contributed by atoms with Gasteiger partial charge in [-0.2, -0.15) is 0 Å². The van der Waals surface area contributed by atoms with Crippen LogP contribution in [0.25, 0.3) is 0 Å². The summed E-state index contributed by atoms with van der Waals surface area (Å²) < 4.78 is 0.990. The van der Waals surface area contributed by atoms with Crippen molar-refractivity contribution in [2.24, 2.45) is 5.92 Å². The fourth-order valence-electron chi connectivity index (χ4n) is 1.99. The Morgan fingerprint density at radius 1 is 1.39 bits per heavy atom. The van der Waals surface area contributed by atoms with Gasteiger partial charge in [0, 0.05) is 15.6 Å². The molecular formula is C15H20ClIO. The van der Waals surface area contributed by atoms with Crippen molar-refractivity contribution >= 4 is 40.0 Å². The van der Waals surface area contributed by atoms with E-state index in [0.717, 1.165) is 22.0 Å². The van der Waals surface area contributed by atoms with E-state index in [9.17, 15) is 4.79 Å². The van der Waals surface area contributed by atoms with Crippen LogP contribution in [0.3, 0.4) is 0 Å². The summed E-state index contributed by atoms with van der Waals surface area (Å²) in [5.74, 6) is 0.728. The SMILES string of the molecule is CCCCC(CC)CC(=O)c1ccc(I)c(Cl)c1. The standard InChI is InChI=1S/C15H20ClIO/c1-3-5-6-11(4-2)9-15(18)12-7-8-14(17)13(16)10-12/h7-8,10-11H,3-6,9H2,1-2H3. The fourth-order valence-corrected chi connectivity index (χ4v) is 2.51. The zero-order valence-corrected chi connectivity index (χ0v) is 13.9. The summed E-state index contributed by atoms with van der Waals surface area (Å²) in [7, 11) is 0. The maximum absolute atomic E-state index is 12.2. The van der Waals surface area contributed by atoms with Crippen molar-refractivity contribution in [2.45, 2.75) is 46.0 Å². The molecule has 1 atom stereocenters. The average Bonchev–Trinajstić information content (AvgIpc) is 2.37. The fraction of sp³-hybridized carbons (Fsp3) is 0.533. The highest BCUT2D eigenvalue weighted by molar-refractivity contribution is 14.1. The van der Waals surface area contributed by atoms with Gasteiger partial charge in [-0.05, 0) is 40.6 Å². The first-order chi connectivity index (χ1) is 8.58. The zero-order valence-electron chi connectivity index (χ0n) is 11.0. The second-order valence-electron chi connectivity index (χ2n) is 4.67. The van der Waals surface area contributed by atoms with E-state index in [1.807, 2.05) is 12.1 Å². The van der Waals surface area contributed by atoms with Crippen LogP contribution >= 0.6 is 34.2 Å². The monoisotopic (exact) mass is 378 g/mol. The van der Waals surface area contributed by atoms with E-state index in [4.69, 9.17) is 11.6 Å². The summed E-state index contributed by atoms with van der Waals surface area (Å²) in [5, 5.41) is 0.669. The molecule has 0 aromatic heterocycles. The topological polar surface area (TPSA) is 17.1 Å². The molecule has 18 heavy (non-hydrogen) atoms. The van der Waals surface area contributed by atoms with E-state index in [2.05, 4.69) is 36.4 Å². The lowest BCUT2D eigenvalue weighted by atomic mass is 9.91. The van der Waals surface area contributed by atoms with Gasteiger partial charge in [0.05, 0.1) is 5.02 Å². The molecule has 0 saturated heterocycles. The van der Waals surface area contributed by atoms with Gasteiger partial charge in [0.1, 0.15) is 0 Å². The highest BCUT2D eigenvalue weighted by atomic mass is 127. The number of Topliss-reactive ketones (excluding diaryl/α,β-unsaturated/α-hetero) is 1. The summed E-state index contributed by atoms with van der Waals surface area (Å²) in [4.78, 5) is 12.2. The van der Waals surface area contributed by atoms with Crippen LogP contribution in [0.15, 0.2) is 18.2 Å². The van der Waals surface area contributed by atoms with E-state index in [1.54, 1.807) is 6.07 Å². The Kier molecular flexibility index (Phi) is 7.23. The third kappa shape index (κ3) is 4.88. The van der Waals surface area contributed by atoms with Crippen molar-refractivity contribution in [3.05, 3.63) is 32.4 Å². The Balaban J connectivity index is 2.65. The Morgan fingerprint density at radius 2 is 2.11 bits per heavy atom. The van der Waals surface area contributed by atoms with E-state index >= 15 is 0 Å². The molecule has 100 valence electrons. The number of carbonyl (C=O) groups is 1. The normalized spacial score (nSPS) is 12.4. The Bertz CT molecular complexity index is 403. The average molecular weight is 379 g/mol. The van der Waals surface area contributed by atoms with Gasteiger partial charge in [-0.25, -0.2) is 0 Å². The third-order valence-electron chi connectivity index (χ3n) is 3.26. The minimum Gasteiger partial charge on any atom is -0.294 e. The summed E-state index contributed by atoms with van der Waals surface area (Å²) in [6.45, 7) is 4.35. The molecule has 0 bridgehead atoms. The molecule has 1 rings (SSSR count). The molecular weight excluding hydrogens is 359 g/mol. The predicted molar refractivity (Wildman–Crippen MR) is 86.4 cm³/mol. The Morgan fingerprint density at radius 3 is 2.67 bits per heavy atom. The molecule has 0 radical (unpaired) electrons. The minimum absolute atomic E-state index is 0.219. The van der Waals surface area contributed by atoms with E-state index in [0.29, 0.717) is 17.4 Å². The summed E-state index contributed by atoms with van der Waals surface area (Å²) in [5.41, 5.74) is 0.746. The maximum Gasteiger partial charge on any atom is 0.163 e. The smallest absolute Gasteiger partial charge is 0.163 e. The number of rotatable bonds is 7. The van der Waals surface area contributed by atoms with Crippen LogP contribution in [0.5, 0.6) is 0 Å². The van der Waals surface area contributed by atoms with E-state index in [1.165, 1.54) is 12.8 Å². The molecule has 1 unspecified atom stereocenters. The van der Waals surface area contributed by atoms with Gasteiger partial charge in [-0.3, -0.25) is 4.79 Å². The maximum atomic E-state index is 12.2. The number of halogens is 2. The number of benzene rings is 1. The number of hydrogen-bond acceptors (Lipinski definition) is 1. The first kappa shape index (κ1) is 16.0. The molecule has 0 spiro atoms. The highest BCUT2D eigenvalue weighted by Crippen LogP contribution is 2.23.